The second-order valence-electron chi connectivity index (χ2n) is 4.01. The molecule has 106 valence electrons. The van der Waals surface area contributed by atoms with Crippen LogP contribution < -0.4 is 5.43 Å². The monoisotopic (exact) mass is 284 g/mol. The van der Waals surface area contributed by atoms with Crippen molar-refractivity contribution in [2.45, 2.75) is 0 Å². The molecule has 0 aliphatic heterocycles. The molecule has 0 aliphatic rings. The highest BCUT2D eigenvalue weighted by Gasteiger charge is 2.04. The van der Waals surface area contributed by atoms with E-state index < -0.39 is 5.91 Å². The summed E-state index contributed by atoms with van der Waals surface area (Å²) in [4.78, 5) is 15.7. The summed E-state index contributed by atoms with van der Waals surface area (Å²) in [5.74, 6) is -0.251. The van der Waals surface area contributed by atoms with Gasteiger partial charge in [0.15, 0.2) is 0 Å². The molecule has 0 bridgehead atoms. The van der Waals surface area contributed by atoms with E-state index in [1.165, 1.54) is 30.6 Å². The van der Waals surface area contributed by atoms with E-state index in [1.807, 2.05) is 0 Å². The van der Waals surface area contributed by atoms with Gasteiger partial charge in [-0.15, -0.1) is 0 Å². The van der Waals surface area contributed by atoms with E-state index in [4.69, 9.17) is 10.3 Å². The first-order valence-corrected chi connectivity index (χ1v) is 5.95. The Kier molecular flexibility index (Phi) is 4.60. The van der Waals surface area contributed by atoms with E-state index in [-0.39, 0.29) is 5.75 Å². The number of amides is 1. The molecule has 0 radical (unpaired) electrons. The van der Waals surface area contributed by atoms with Gasteiger partial charge in [-0.2, -0.15) is 5.10 Å². The molecule has 3 N–H and O–H groups in total. The van der Waals surface area contributed by atoms with E-state index in [0.29, 0.717) is 11.3 Å². The fourth-order valence-corrected chi connectivity index (χ4v) is 1.47. The minimum Gasteiger partial charge on any atom is -0.508 e. The highest BCUT2D eigenvalue weighted by molar-refractivity contribution is 5.95. The number of aromatic hydroxyl groups is 1. The van der Waals surface area contributed by atoms with Crippen molar-refractivity contribution in [2.75, 3.05) is 0 Å². The number of benzene rings is 1. The molecule has 1 amide bonds. The minimum atomic E-state index is -0.412. The van der Waals surface area contributed by atoms with Crippen molar-refractivity contribution in [1.29, 1.82) is 0 Å². The van der Waals surface area contributed by atoms with Gasteiger partial charge in [0.05, 0.1) is 23.7 Å². The molecule has 7 heteroatoms. The summed E-state index contributed by atoms with van der Waals surface area (Å²) in [7, 11) is 0. The number of oxime groups is 1. The van der Waals surface area contributed by atoms with Gasteiger partial charge in [-0.1, -0.05) is 5.16 Å². The molecule has 0 fully saturated rings. The Morgan fingerprint density at radius 1 is 1.14 bits per heavy atom. The van der Waals surface area contributed by atoms with Crippen molar-refractivity contribution in [1.82, 2.24) is 10.4 Å². The largest absolute Gasteiger partial charge is 0.508 e. The van der Waals surface area contributed by atoms with Crippen molar-refractivity contribution >= 4 is 18.3 Å². The highest BCUT2D eigenvalue weighted by Crippen LogP contribution is 2.07. The predicted molar refractivity (Wildman–Crippen MR) is 76.8 cm³/mol. The molecule has 1 aromatic carbocycles. The van der Waals surface area contributed by atoms with Crippen molar-refractivity contribution in [3.05, 3.63) is 59.4 Å². The molecule has 0 saturated carbocycles. The summed E-state index contributed by atoms with van der Waals surface area (Å²) >= 11 is 0. The van der Waals surface area contributed by atoms with Gasteiger partial charge in [-0.25, -0.2) is 5.43 Å². The van der Waals surface area contributed by atoms with E-state index >= 15 is 0 Å². The van der Waals surface area contributed by atoms with Gasteiger partial charge in [0.2, 0.25) is 0 Å². The predicted octanol–water partition coefficient (Wildman–Crippen LogP) is 1.36. The zero-order chi connectivity index (χ0) is 15.1. The Hall–Kier alpha value is -3.22. The molecular weight excluding hydrogens is 272 g/mol. The fourth-order valence-electron chi connectivity index (χ4n) is 1.47. The normalized spacial score (nSPS) is 11.0. The number of pyridine rings is 1. The second-order valence-corrected chi connectivity index (χ2v) is 4.01. The number of hydrogen-bond acceptors (Lipinski definition) is 6. The summed E-state index contributed by atoms with van der Waals surface area (Å²) in [6, 6.07) is 9.45. The molecule has 0 unspecified atom stereocenters. The maximum absolute atomic E-state index is 11.8. The van der Waals surface area contributed by atoms with Crippen LogP contribution in [-0.2, 0) is 0 Å². The number of phenols is 1. The smallest absolute Gasteiger partial charge is 0.272 e. The third-order valence-electron chi connectivity index (χ3n) is 2.51. The van der Waals surface area contributed by atoms with Crippen molar-refractivity contribution in [3.63, 3.8) is 0 Å². The lowest BCUT2D eigenvalue weighted by atomic mass is 10.2. The number of carbonyl (C=O) groups is 1. The second kappa shape index (κ2) is 6.80. The first kappa shape index (κ1) is 14.2. The van der Waals surface area contributed by atoms with Crippen LogP contribution in [0, 0.1) is 0 Å². The van der Waals surface area contributed by atoms with Crippen LogP contribution in [0.3, 0.4) is 0 Å². The Balaban J connectivity index is 1.96. The number of hydrazone groups is 1. The minimum absolute atomic E-state index is 0.161. The fraction of sp³-hybridized carbons (Fsp3) is 0. The van der Waals surface area contributed by atoms with E-state index in [1.54, 1.807) is 18.2 Å². The third kappa shape index (κ3) is 4.13. The molecule has 1 aromatic heterocycles. The molecule has 0 spiro atoms. The van der Waals surface area contributed by atoms with Crippen molar-refractivity contribution in [2.24, 2.45) is 10.3 Å². The summed E-state index contributed by atoms with van der Waals surface area (Å²) < 4.78 is 0. The standard InChI is InChI=1S/C14H12N4O3/c19-13-5-1-10(2-6-13)7-16-18-14(20)11-3-4-12(9-17-21)15-8-11/h1-9,19,21H,(H,18,20). The van der Waals surface area contributed by atoms with Crippen LogP contribution in [0.2, 0.25) is 0 Å². The lowest BCUT2D eigenvalue weighted by molar-refractivity contribution is 0.0955. The average Bonchev–Trinajstić information content (AvgIpc) is 2.50. The molecule has 2 rings (SSSR count). The van der Waals surface area contributed by atoms with Gasteiger partial charge in [0.25, 0.3) is 5.91 Å². The molecule has 7 nitrogen and oxygen atoms in total. The lowest BCUT2D eigenvalue weighted by Crippen LogP contribution is -2.17. The van der Waals surface area contributed by atoms with Crippen LogP contribution in [0.15, 0.2) is 52.9 Å². The molecular formula is C14H12N4O3. The third-order valence-corrected chi connectivity index (χ3v) is 2.51. The van der Waals surface area contributed by atoms with Gasteiger partial charge in [-0.3, -0.25) is 9.78 Å². The van der Waals surface area contributed by atoms with Gasteiger partial charge in [0, 0.05) is 6.20 Å². The number of carbonyl (C=O) groups excluding carboxylic acids is 1. The highest BCUT2D eigenvalue weighted by atomic mass is 16.4. The summed E-state index contributed by atoms with van der Waals surface area (Å²) in [6.45, 7) is 0. The maximum atomic E-state index is 11.8. The van der Waals surface area contributed by atoms with E-state index in [2.05, 4.69) is 20.7 Å². The summed E-state index contributed by atoms with van der Waals surface area (Å²) in [5.41, 5.74) is 3.85. The lowest BCUT2D eigenvalue weighted by Gasteiger charge is -1.99. The number of aromatic nitrogens is 1. The number of nitrogens with zero attached hydrogens (tertiary/aromatic N) is 3. The Bertz CT molecular complexity index is 664. The molecule has 0 atom stereocenters. The van der Waals surface area contributed by atoms with Crippen LogP contribution in [0.4, 0.5) is 0 Å². The summed E-state index contributed by atoms with van der Waals surface area (Å²) in [5, 5.41) is 24.1. The zero-order valence-corrected chi connectivity index (χ0v) is 10.8. The van der Waals surface area contributed by atoms with Gasteiger partial charge in [0.1, 0.15) is 5.75 Å². The molecule has 21 heavy (non-hydrogen) atoms. The number of nitrogens with one attached hydrogen (secondary N) is 1. The average molecular weight is 284 g/mol. The number of hydrogen-bond donors (Lipinski definition) is 3. The topological polar surface area (TPSA) is 107 Å². The van der Waals surface area contributed by atoms with Crippen LogP contribution in [0.25, 0.3) is 0 Å². The van der Waals surface area contributed by atoms with Crippen LogP contribution in [0.1, 0.15) is 21.6 Å². The van der Waals surface area contributed by atoms with Crippen LogP contribution in [-0.4, -0.2) is 33.6 Å². The zero-order valence-electron chi connectivity index (χ0n) is 10.8. The number of rotatable bonds is 4. The molecule has 2 aromatic rings. The summed E-state index contributed by atoms with van der Waals surface area (Å²) in [6.07, 6.45) is 3.96. The van der Waals surface area contributed by atoms with E-state index in [9.17, 15) is 4.79 Å². The first-order chi connectivity index (χ1) is 10.2. The first-order valence-electron chi connectivity index (χ1n) is 5.95. The molecule has 1 heterocycles. The van der Waals surface area contributed by atoms with Crippen molar-refractivity contribution < 1.29 is 15.1 Å². The number of phenolic OH excluding ortho intramolecular Hbond substituents is 1. The van der Waals surface area contributed by atoms with Gasteiger partial charge in [-0.05, 0) is 42.0 Å². The quantitative estimate of drug-likeness (QED) is 0.447. The Morgan fingerprint density at radius 2 is 1.90 bits per heavy atom. The van der Waals surface area contributed by atoms with Crippen molar-refractivity contribution in [3.8, 4) is 5.75 Å². The molecule has 0 saturated heterocycles. The van der Waals surface area contributed by atoms with Crippen LogP contribution >= 0.6 is 0 Å². The SMILES string of the molecule is O=C(NN=Cc1ccc(O)cc1)c1ccc(C=NO)nc1. The van der Waals surface area contributed by atoms with E-state index in [0.717, 1.165) is 11.8 Å². The maximum Gasteiger partial charge on any atom is 0.272 e. The Morgan fingerprint density at radius 3 is 2.52 bits per heavy atom. The van der Waals surface area contributed by atoms with Gasteiger partial charge < -0.3 is 10.3 Å². The molecule has 0 aliphatic carbocycles. The Labute approximate surface area is 120 Å². The van der Waals surface area contributed by atoms with Crippen LogP contribution in [0.5, 0.6) is 5.75 Å². The van der Waals surface area contributed by atoms with Gasteiger partial charge >= 0.3 is 0 Å².